The van der Waals surface area contributed by atoms with E-state index in [1.54, 1.807) is 18.2 Å². The summed E-state index contributed by atoms with van der Waals surface area (Å²) < 4.78 is 16.0. The number of carbonyl (C=O) groups excluding carboxylic acids is 2. The molecule has 3 rings (SSSR count). The fraction of sp³-hybridized carbons (Fsp3) is 0.412. The highest BCUT2D eigenvalue weighted by molar-refractivity contribution is 7.99. The molecule has 9 heteroatoms. The summed E-state index contributed by atoms with van der Waals surface area (Å²) in [6.45, 7) is 2.28. The molecule has 1 saturated carbocycles. The summed E-state index contributed by atoms with van der Waals surface area (Å²) >= 11 is 1.23. The molecule has 2 aromatic rings. The van der Waals surface area contributed by atoms with E-state index in [1.165, 1.54) is 17.8 Å². The molecule has 1 heterocycles. The van der Waals surface area contributed by atoms with E-state index in [1.807, 2.05) is 11.5 Å². The van der Waals surface area contributed by atoms with Crippen LogP contribution in [0.5, 0.6) is 0 Å². The zero-order chi connectivity index (χ0) is 18.5. The molecule has 26 heavy (non-hydrogen) atoms. The Balaban J connectivity index is 1.67. The minimum atomic E-state index is -0.349. The number of nitrogens with zero attached hydrogens (tertiary/aromatic N) is 3. The summed E-state index contributed by atoms with van der Waals surface area (Å²) in [6.07, 6.45) is 1.97. The zero-order valence-electron chi connectivity index (χ0n) is 14.4. The first-order chi connectivity index (χ1) is 12.6. The molecule has 1 fully saturated rings. The van der Waals surface area contributed by atoms with Gasteiger partial charge in [-0.1, -0.05) is 23.9 Å². The van der Waals surface area contributed by atoms with Crippen molar-refractivity contribution >= 4 is 23.6 Å². The first kappa shape index (κ1) is 18.4. The largest absolute Gasteiger partial charge is 0.355 e. The van der Waals surface area contributed by atoms with Crippen LogP contribution >= 0.6 is 11.8 Å². The molecule has 1 aliphatic carbocycles. The van der Waals surface area contributed by atoms with Crippen molar-refractivity contribution in [2.45, 2.75) is 31.0 Å². The lowest BCUT2D eigenvalue weighted by molar-refractivity contribution is -0.124. The summed E-state index contributed by atoms with van der Waals surface area (Å²) in [4.78, 5) is 23.3. The molecule has 0 unspecified atom stereocenters. The van der Waals surface area contributed by atoms with E-state index in [9.17, 15) is 14.0 Å². The Morgan fingerprint density at radius 1 is 1.23 bits per heavy atom. The maximum atomic E-state index is 14.1. The molecule has 0 aliphatic heterocycles. The lowest BCUT2D eigenvalue weighted by Crippen LogP contribution is -2.37. The van der Waals surface area contributed by atoms with E-state index in [2.05, 4.69) is 20.8 Å². The highest BCUT2D eigenvalue weighted by atomic mass is 32.2. The van der Waals surface area contributed by atoms with Crippen molar-refractivity contribution < 1.29 is 14.0 Å². The maximum Gasteiger partial charge on any atom is 0.239 e. The number of aromatic nitrogens is 3. The number of hydrogen-bond acceptors (Lipinski definition) is 5. The summed E-state index contributed by atoms with van der Waals surface area (Å²) in [6, 6.07) is 6.69. The summed E-state index contributed by atoms with van der Waals surface area (Å²) in [5, 5.41) is 14.0. The Bertz CT molecular complexity index is 806. The zero-order valence-corrected chi connectivity index (χ0v) is 15.2. The van der Waals surface area contributed by atoms with Crippen molar-refractivity contribution in [3.63, 3.8) is 0 Å². The third-order valence-corrected chi connectivity index (χ3v) is 4.79. The molecule has 0 bridgehead atoms. The molecule has 1 aliphatic rings. The van der Waals surface area contributed by atoms with E-state index in [0.717, 1.165) is 12.8 Å². The maximum absolute atomic E-state index is 14.1. The van der Waals surface area contributed by atoms with Gasteiger partial charge in [0.25, 0.3) is 0 Å². The van der Waals surface area contributed by atoms with Gasteiger partial charge in [0.2, 0.25) is 11.8 Å². The lowest BCUT2D eigenvalue weighted by Gasteiger charge is -2.09. The van der Waals surface area contributed by atoms with Crippen molar-refractivity contribution in [2.24, 2.45) is 0 Å². The average molecular weight is 377 g/mol. The van der Waals surface area contributed by atoms with Crippen molar-refractivity contribution in [3.05, 3.63) is 30.1 Å². The Kier molecular flexibility index (Phi) is 5.87. The number of thioether (sulfide) groups is 1. The van der Waals surface area contributed by atoms with Crippen LogP contribution in [0.2, 0.25) is 0 Å². The van der Waals surface area contributed by atoms with Gasteiger partial charge >= 0.3 is 0 Å². The molecular formula is C17H20FN5O2S. The van der Waals surface area contributed by atoms with Gasteiger partial charge in [-0.25, -0.2) is 4.39 Å². The van der Waals surface area contributed by atoms with E-state index in [-0.39, 0.29) is 36.0 Å². The second-order valence-electron chi connectivity index (χ2n) is 5.91. The highest BCUT2D eigenvalue weighted by Crippen LogP contribution is 2.41. The molecular weight excluding hydrogens is 357 g/mol. The van der Waals surface area contributed by atoms with Crippen LogP contribution in [0.15, 0.2) is 29.4 Å². The van der Waals surface area contributed by atoms with Crippen LogP contribution in [0, 0.1) is 5.82 Å². The number of likely N-dealkylation sites (N-methyl/N-ethyl adjacent to an activating group) is 1. The minimum absolute atomic E-state index is 0.0526. The number of rotatable bonds is 8. The van der Waals surface area contributed by atoms with Gasteiger partial charge in [-0.2, -0.15) is 0 Å². The highest BCUT2D eigenvalue weighted by Gasteiger charge is 2.31. The number of halogens is 1. The smallest absolute Gasteiger partial charge is 0.239 e. The van der Waals surface area contributed by atoms with Gasteiger partial charge in [0.15, 0.2) is 11.0 Å². The number of carbonyl (C=O) groups is 2. The molecule has 1 aromatic carbocycles. The Hall–Kier alpha value is -2.42. The first-order valence-electron chi connectivity index (χ1n) is 8.46. The lowest BCUT2D eigenvalue weighted by atomic mass is 10.2. The van der Waals surface area contributed by atoms with Gasteiger partial charge in [0.1, 0.15) is 5.82 Å². The molecule has 2 N–H and O–H groups in total. The van der Waals surface area contributed by atoms with E-state index in [0.29, 0.717) is 23.1 Å². The van der Waals surface area contributed by atoms with Crippen LogP contribution < -0.4 is 10.6 Å². The predicted molar refractivity (Wildman–Crippen MR) is 96.1 cm³/mol. The topological polar surface area (TPSA) is 88.9 Å². The monoisotopic (exact) mass is 377 g/mol. The molecule has 138 valence electrons. The second kappa shape index (κ2) is 8.31. The second-order valence-corrected chi connectivity index (χ2v) is 6.85. The standard InChI is InChI=1S/C17H20FN5O2S/c1-2-19-14(24)9-20-15(25)10-26-17-22-21-16(23(17)11-7-8-11)12-5-3-4-6-13(12)18/h3-6,11H,2,7-10H2,1H3,(H,19,24)(H,20,25). The Labute approximate surface area is 154 Å². The summed E-state index contributed by atoms with van der Waals surface area (Å²) in [5.74, 6) is -0.247. The average Bonchev–Trinajstić information content (AvgIpc) is 3.38. The third-order valence-electron chi connectivity index (χ3n) is 3.84. The van der Waals surface area contributed by atoms with Crippen molar-refractivity contribution in [1.82, 2.24) is 25.4 Å². The number of amides is 2. The predicted octanol–water partition coefficient (Wildman–Crippen LogP) is 1.76. The summed E-state index contributed by atoms with van der Waals surface area (Å²) in [5.41, 5.74) is 0.402. The molecule has 2 amide bonds. The van der Waals surface area contributed by atoms with Crippen molar-refractivity contribution in [1.29, 1.82) is 0 Å². The minimum Gasteiger partial charge on any atom is -0.355 e. The van der Waals surface area contributed by atoms with Gasteiger partial charge in [-0.15, -0.1) is 10.2 Å². The van der Waals surface area contributed by atoms with E-state index < -0.39 is 0 Å². The van der Waals surface area contributed by atoms with Crippen LogP contribution in [0.25, 0.3) is 11.4 Å². The Morgan fingerprint density at radius 2 is 2.00 bits per heavy atom. The van der Waals surface area contributed by atoms with Gasteiger partial charge in [0, 0.05) is 12.6 Å². The van der Waals surface area contributed by atoms with Crippen molar-refractivity contribution in [2.75, 3.05) is 18.8 Å². The van der Waals surface area contributed by atoms with Crippen LogP contribution in [0.3, 0.4) is 0 Å². The van der Waals surface area contributed by atoms with Gasteiger partial charge in [-0.3, -0.25) is 14.2 Å². The fourth-order valence-electron chi connectivity index (χ4n) is 2.48. The van der Waals surface area contributed by atoms with Gasteiger partial charge < -0.3 is 10.6 Å². The van der Waals surface area contributed by atoms with E-state index in [4.69, 9.17) is 0 Å². The fourth-order valence-corrected chi connectivity index (χ4v) is 3.32. The molecule has 0 saturated heterocycles. The van der Waals surface area contributed by atoms with Crippen LogP contribution in [-0.2, 0) is 9.59 Å². The number of benzene rings is 1. The molecule has 0 spiro atoms. The molecule has 0 radical (unpaired) electrons. The molecule has 1 aromatic heterocycles. The number of nitrogens with one attached hydrogen (secondary N) is 2. The first-order valence-corrected chi connectivity index (χ1v) is 9.44. The van der Waals surface area contributed by atoms with Crippen LogP contribution in [-0.4, -0.2) is 45.4 Å². The normalized spacial score (nSPS) is 13.5. The quantitative estimate of drug-likeness (QED) is 0.685. The van der Waals surface area contributed by atoms with Gasteiger partial charge in [-0.05, 0) is 31.9 Å². The van der Waals surface area contributed by atoms with Crippen LogP contribution in [0.1, 0.15) is 25.8 Å². The van der Waals surface area contributed by atoms with Crippen LogP contribution in [0.4, 0.5) is 4.39 Å². The SMILES string of the molecule is CCNC(=O)CNC(=O)CSc1nnc(-c2ccccc2F)n1C1CC1. The summed E-state index contributed by atoms with van der Waals surface area (Å²) in [7, 11) is 0. The van der Waals surface area contributed by atoms with Crippen molar-refractivity contribution in [3.8, 4) is 11.4 Å². The molecule has 0 atom stereocenters. The molecule has 7 nitrogen and oxygen atoms in total. The third kappa shape index (κ3) is 4.40. The van der Waals surface area contributed by atoms with E-state index >= 15 is 0 Å². The van der Waals surface area contributed by atoms with Gasteiger partial charge in [0.05, 0.1) is 17.9 Å². The Morgan fingerprint density at radius 3 is 2.69 bits per heavy atom. The number of hydrogen-bond donors (Lipinski definition) is 2.